The van der Waals surface area contributed by atoms with Crippen molar-refractivity contribution in [2.45, 2.75) is 19.8 Å². The molecule has 41 valence electrons. The van der Waals surface area contributed by atoms with Crippen LogP contribution in [0.4, 0.5) is 0 Å². The Kier molecular flexibility index (Phi) is 5.46. The Balaban J connectivity index is 2.69. The molecule has 0 aliphatic carbocycles. The lowest BCUT2D eigenvalue weighted by Gasteiger charge is -1.83. The van der Waals surface area contributed by atoms with Crippen LogP contribution in [-0.4, -0.2) is 6.54 Å². The Labute approximate surface area is 45.2 Å². The fraction of sp³-hybridized carbons (Fsp3) is 0.667. The van der Waals surface area contributed by atoms with Crippen molar-refractivity contribution < 1.29 is 0 Å². The van der Waals surface area contributed by atoms with Crippen LogP contribution in [0.15, 0.2) is 12.2 Å². The summed E-state index contributed by atoms with van der Waals surface area (Å²) in [6.45, 7) is 2.56. The molecule has 1 nitrogen and oxygen atoms in total. The Morgan fingerprint density at radius 3 is 2.71 bits per heavy atom. The van der Waals surface area contributed by atoms with Gasteiger partial charge in [0.2, 0.25) is 0 Å². The van der Waals surface area contributed by atoms with Crippen LogP contribution in [0.1, 0.15) is 19.8 Å². The Morgan fingerprint density at radius 1 is 1.57 bits per heavy atom. The third-order valence-corrected chi connectivity index (χ3v) is 0.783. The molecule has 0 atom stereocenters. The molecule has 0 saturated heterocycles. The van der Waals surface area contributed by atoms with Gasteiger partial charge in [-0.1, -0.05) is 12.2 Å². The zero-order valence-corrected chi connectivity index (χ0v) is 4.78. The van der Waals surface area contributed by atoms with Crippen molar-refractivity contribution in [3.63, 3.8) is 0 Å². The summed E-state index contributed by atoms with van der Waals surface area (Å²) in [6.07, 6.45) is 6.19. The molecule has 0 aliphatic rings. The van der Waals surface area contributed by atoms with E-state index in [0.717, 1.165) is 12.8 Å². The zero-order chi connectivity index (χ0) is 5.54. The first-order chi connectivity index (χ1) is 3.41. The second kappa shape index (κ2) is 5.70. The Bertz CT molecular complexity index is 48.1. The second-order valence-electron chi connectivity index (χ2n) is 1.46. The molecule has 0 spiro atoms. The SMILES string of the molecule is CC=CCCC[NH]. The molecule has 0 unspecified atom stereocenters. The minimum absolute atomic E-state index is 0.560. The van der Waals surface area contributed by atoms with Gasteiger partial charge in [-0.05, 0) is 19.8 Å². The number of nitrogens with one attached hydrogen (secondary N) is 1. The zero-order valence-electron chi connectivity index (χ0n) is 4.78. The summed E-state index contributed by atoms with van der Waals surface area (Å²) >= 11 is 0. The van der Waals surface area contributed by atoms with E-state index in [9.17, 15) is 0 Å². The molecular weight excluding hydrogens is 86.1 g/mol. The fourth-order valence-electron chi connectivity index (χ4n) is 0.387. The molecule has 0 amide bonds. The lowest BCUT2D eigenvalue weighted by molar-refractivity contribution is 0.836. The van der Waals surface area contributed by atoms with Gasteiger partial charge < -0.3 is 0 Å². The number of rotatable bonds is 3. The normalized spacial score (nSPS) is 10.6. The van der Waals surface area contributed by atoms with E-state index in [-0.39, 0.29) is 0 Å². The minimum atomic E-state index is 0.560. The van der Waals surface area contributed by atoms with Crippen LogP contribution in [-0.2, 0) is 0 Å². The van der Waals surface area contributed by atoms with Crippen LogP contribution in [0.2, 0.25) is 0 Å². The lowest BCUT2D eigenvalue weighted by Crippen LogP contribution is -1.80. The van der Waals surface area contributed by atoms with E-state index in [2.05, 4.69) is 6.08 Å². The average Bonchev–Trinajstić information content (AvgIpc) is 1.69. The van der Waals surface area contributed by atoms with Gasteiger partial charge in [0.1, 0.15) is 0 Å². The quantitative estimate of drug-likeness (QED) is 0.378. The van der Waals surface area contributed by atoms with Crippen molar-refractivity contribution in [2.24, 2.45) is 0 Å². The fourth-order valence-corrected chi connectivity index (χ4v) is 0.387. The molecule has 0 rings (SSSR count). The van der Waals surface area contributed by atoms with Crippen LogP contribution in [0.5, 0.6) is 0 Å². The minimum Gasteiger partial charge on any atom is -0.258 e. The van der Waals surface area contributed by atoms with E-state index >= 15 is 0 Å². The maximum atomic E-state index is 6.75. The molecule has 0 fully saturated rings. The Hall–Kier alpha value is -0.300. The second-order valence-corrected chi connectivity index (χ2v) is 1.46. The van der Waals surface area contributed by atoms with Crippen LogP contribution in [0.3, 0.4) is 0 Å². The third-order valence-electron chi connectivity index (χ3n) is 0.783. The van der Waals surface area contributed by atoms with Gasteiger partial charge in [-0.3, -0.25) is 5.73 Å². The van der Waals surface area contributed by atoms with Crippen molar-refractivity contribution >= 4 is 0 Å². The summed E-state index contributed by atoms with van der Waals surface area (Å²) in [5.41, 5.74) is 6.75. The highest BCUT2D eigenvalue weighted by Gasteiger charge is 1.73. The number of hydrogen-bond acceptors (Lipinski definition) is 0. The predicted molar refractivity (Wildman–Crippen MR) is 32.0 cm³/mol. The smallest absolute Gasteiger partial charge is 0.0103 e. The lowest BCUT2D eigenvalue weighted by atomic mass is 10.3. The predicted octanol–water partition coefficient (Wildman–Crippen LogP) is 1.63. The maximum absolute atomic E-state index is 6.75. The van der Waals surface area contributed by atoms with Crippen molar-refractivity contribution in [1.29, 1.82) is 0 Å². The first-order valence-electron chi connectivity index (χ1n) is 2.67. The van der Waals surface area contributed by atoms with Crippen LogP contribution in [0, 0.1) is 0 Å². The van der Waals surface area contributed by atoms with Gasteiger partial charge in [0.25, 0.3) is 0 Å². The van der Waals surface area contributed by atoms with Crippen molar-refractivity contribution in [3.05, 3.63) is 12.2 Å². The highest BCUT2D eigenvalue weighted by atomic mass is 14.5. The van der Waals surface area contributed by atoms with E-state index in [1.807, 2.05) is 13.0 Å². The molecule has 0 heterocycles. The monoisotopic (exact) mass is 98.1 g/mol. The summed E-state index contributed by atoms with van der Waals surface area (Å²) in [4.78, 5) is 0. The van der Waals surface area contributed by atoms with Gasteiger partial charge in [-0.15, -0.1) is 0 Å². The first kappa shape index (κ1) is 6.70. The molecule has 0 bridgehead atoms. The molecule has 1 heteroatoms. The van der Waals surface area contributed by atoms with Crippen LogP contribution in [0.25, 0.3) is 0 Å². The summed E-state index contributed by atoms with van der Waals surface area (Å²) in [7, 11) is 0. The molecule has 0 aliphatic heterocycles. The number of hydrogen-bond donors (Lipinski definition) is 0. The van der Waals surface area contributed by atoms with Crippen molar-refractivity contribution in [1.82, 2.24) is 5.73 Å². The summed E-state index contributed by atoms with van der Waals surface area (Å²) in [5, 5.41) is 0. The standard InChI is InChI=1S/C6H12N/c1-2-3-4-5-6-7/h2-3,7H,4-6H2,1H3. The van der Waals surface area contributed by atoms with Gasteiger partial charge >= 0.3 is 0 Å². The van der Waals surface area contributed by atoms with Crippen LogP contribution < -0.4 is 5.73 Å². The summed E-state index contributed by atoms with van der Waals surface area (Å²) in [5.74, 6) is 0. The van der Waals surface area contributed by atoms with Gasteiger partial charge in [0, 0.05) is 6.54 Å². The summed E-state index contributed by atoms with van der Waals surface area (Å²) in [6, 6.07) is 0. The third kappa shape index (κ3) is 5.70. The highest BCUT2D eigenvalue weighted by Crippen LogP contribution is 1.86. The average molecular weight is 98.2 g/mol. The molecule has 0 aromatic carbocycles. The van der Waals surface area contributed by atoms with Crippen molar-refractivity contribution in [3.8, 4) is 0 Å². The van der Waals surface area contributed by atoms with Gasteiger partial charge in [0.05, 0.1) is 0 Å². The van der Waals surface area contributed by atoms with E-state index in [4.69, 9.17) is 5.73 Å². The number of unbranched alkanes of at least 4 members (excludes halogenated alkanes) is 1. The largest absolute Gasteiger partial charge is 0.258 e. The van der Waals surface area contributed by atoms with Gasteiger partial charge in [0.15, 0.2) is 0 Å². The van der Waals surface area contributed by atoms with E-state index in [1.54, 1.807) is 0 Å². The molecule has 0 aromatic heterocycles. The van der Waals surface area contributed by atoms with E-state index in [0.29, 0.717) is 6.54 Å². The van der Waals surface area contributed by atoms with E-state index in [1.165, 1.54) is 0 Å². The molecule has 1 N–H and O–H groups in total. The van der Waals surface area contributed by atoms with Gasteiger partial charge in [-0.2, -0.15) is 0 Å². The molecule has 0 aromatic rings. The van der Waals surface area contributed by atoms with E-state index < -0.39 is 0 Å². The molecule has 0 saturated carbocycles. The molecule has 7 heavy (non-hydrogen) atoms. The Morgan fingerprint density at radius 2 is 2.29 bits per heavy atom. The molecule has 1 radical (unpaired) electrons. The maximum Gasteiger partial charge on any atom is 0.0103 e. The van der Waals surface area contributed by atoms with Crippen molar-refractivity contribution in [2.75, 3.05) is 6.54 Å². The van der Waals surface area contributed by atoms with Crippen LogP contribution >= 0.6 is 0 Å². The molecular formula is C6H12N. The first-order valence-corrected chi connectivity index (χ1v) is 2.67. The topological polar surface area (TPSA) is 23.8 Å². The van der Waals surface area contributed by atoms with Gasteiger partial charge in [-0.25, -0.2) is 0 Å². The summed E-state index contributed by atoms with van der Waals surface area (Å²) < 4.78 is 0. The number of allylic oxidation sites excluding steroid dienone is 2. The highest BCUT2D eigenvalue weighted by molar-refractivity contribution is 4.76.